The molecule has 0 aliphatic heterocycles. The highest BCUT2D eigenvalue weighted by molar-refractivity contribution is 5.88. The predicted octanol–water partition coefficient (Wildman–Crippen LogP) is 3.65. The third-order valence-electron chi connectivity index (χ3n) is 2.88. The first-order valence-electron chi connectivity index (χ1n) is 6.86. The van der Waals surface area contributed by atoms with E-state index in [0.717, 1.165) is 24.8 Å². The highest BCUT2D eigenvalue weighted by Crippen LogP contribution is 2.21. The normalized spacial score (nSPS) is 10.2. The number of anilines is 1. The first-order valence-corrected chi connectivity index (χ1v) is 6.86. The molecule has 0 fully saturated rings. The van der Waals surface area contributed by atoms with Crippen LogP contribution in [-0.4, -0.2) is 17.7 Å². The summed E-state index contributed by atoms with van der Waals surface area (Å²) in [6, 6.07) is 11.1. The van der Waals surface area contributed by atoms with Crippen molar-refractivity contribution >= 4 is 11.8 Å². The Morgan fingerprint density at radius 3 is 2.80 bits per heavy atom. The van der Waals surface area contributed by atoms with Crippen molar-refractivity contribution in [2.45, 2.75) is 26.2 Å². The number of unbranched alkanes of at least 4 members (excludes halogenated alkanes) is 2. The second-order valence-corrected chi connectivity index (χ2v) is 4.53. The molecule has 1 aromatic heterocycles. The Morgan fingerprint density at radius 2 is 2.05 bits per heavy atom. The third-order valence-corrected chi connectivity index (χ3v) is 2.88. The molecule has 5 heteroatoms. The van der Waals surface area contributed by atoms with Crippen LogP contribution in [-0.2, 0) is 0 Å². The molecular weight excluding hydrogens is 254 g/mol. The molecule has 0 unspecified atom stereocenters. The summed E-state index contributed by atoms with van der Waals surface area (Å²) in [4.78, 5) is 11.6. The van der Waals surface area contributed by atoms with Crippen LogP contribution in [0, 0.1) is 0 Å². The number of amides is 2. The number of benzene rings is 1. The van der Waals surface area contributed by atoms with Crippen LogP contribution in [0.4, 0.5) is 10.6 Å². The van der Waals surface area contributed by atoms with E-state index < -0.39 is 0 Å². The van der Waals surface area contributed by atoms with Crippen LogP contribution in [0.5, 0.6) is 0 Å². The number of hydrogen-bond acceptors (Lipinski definition) is 3. The molecule has 0 saturated heterocycles. The van der Waals surface area contributed by atoms with E-state index in [1.54, 1.807) is 6.07 Å². The summed E-state index contributed by atoms with van der Waals surface area (Å²) in [6.45, 7) is 2.80. The van der Waals surface area contributed by atoms with Gasteiger partial charge >= 0.3 is 6.03 Å². The number of nitrogens with one attached hydrogen (secondary N) is 2. The van der Waals surface area contributed by atoms with Crippen molar-refractivity contribution in [1.82, 2.24) is 10.5 Å². The minimum Gasteiger partial charge on any atom is -0.354 e. The van der Waals surface area contributed by atoms with Crippen LogP contribution in [0.2, 0.25) is 0 Å². The fraction of sp³-hybridized carbons (Fsp3) is 0.333. The molecule has 2 N–H and O–H groups in total. The van der Waals surface area contributed by atoms with E-state index in [2.05, 4.69) is 22.7 Å². The average molecular weight is 273 g/mol. The monoisotopic (exact) mass is 273 g/mol. The Hall–Kier alpha value is -2.30. The molecule has 1 heterocycles. The first-order chi connectivity index (χ1) is 9.79. The fourth-order valence-electron chi connectivity index (χ4n) is 1.81. The SMILES string of the molecule is CCCCCNC(=O)Nc1cc(-c2ccccc2)on1. The van der Waals surface area contributed by atoms with Gasteiger partial charge in [0.1, 0.15) is 0 Å². The molecule has 5 nitrogen and oxygen atoms in total. The van der Waals surface area contributed by atoms with Crippen molar-refractivity contribution in [3.63, 3.8) is 0 Å². The molecule has 106 valence electrons. The summed E-state index contributed by atoms with van der Waals surface area (Å²) >= 11 is 0. The molecule has 0 aliphatic carbocycles. The van der Waals surface area contributed by atoms with Gasteiger partial charge in [0, 0.05) is 18.2 Å². The number of rotatable bonds is 6. The van der Waals surface area contributed by atoms with Crippen molar-refractivity contribution in [1.29, 1.82) is 0 Å². The lowest BCUT2D eigenvalue weighted by molar-refractivity contribution is 0.251. The molecule has 2 amide bonds. The fourth-order valence-corrected chi connectivity index (χ4v) is 1.81. The van der Waals surface area contributed by atoms with Gasteiger partial charge in [-0.05, 0) is 6.42 Å². The molecule has 2 aromatic rings. The topological polar surface area (TPSA) is 67.2 Å². The molecule has 0 saturated carbocycles. The highest BCUT2D eigenvalue weighted by atomic mass is 16.5. The Morgan fingerprint density at radius 1 is 1.25 bits per heavy atom. The summed E-state index contributed by atoms with van der Waals surface area (Å²) in [6.07, 6.45) is 3.23. The Kier molecular flexibility index (Phi) is 5.17. The largest absolute Gasteiger partial charge is 0.354 e. The van der Waals surface area contributed by atoms with Crippen LogP contribution in [0.3, 0.4) is 0 Å². The van der Waals surface area contributed by atoms with Crippen molar-refractivity contribution < 1.29 is 9.32 Å². The zero-order valence-corrected chi connectivity index (χ0v) is 11.6. The number of urea groups is 1. The van der Waals surface area contributed by atoms with E-state index in [0.29, 0.717) is 18.1 Å². The molecule has 20 heavy (non-hydrogen) atoms. The predicted molar refractivity (Wildman–Crippen MR) is 78.5 cm³/mol. The van der Waals surface area contributed by atoms with E-state index in [-0.39, 0.29) is 6.03 Å². The minimum atomic E-state index is -0.256. The van der Waals surface area contributed by atoms with E-state index in [1.807, 2.05) is 30.3 Å². The van der Waals surface area contributed by atoms with Gasteiger partial charge < -0.3 is 9.84 Å². The standard InChI is InChI=1S/C15H19N3O2/c1-2-3-7-10-16-15(19)17-14-11-13(20-18-14)12-8-5-4-6-9-12/h4-6,8-9,11H,2-3,7,10H2,1H3,(H2,16,17,18,19). The number of carbonyl (C=O) groups excluding carboxylic acids is 1. The summed E-state index contributed by atoms with van der Waals surface area (Å²) < 4.78 is 5.20. The van der Waals surface area contributed by atoms with Gasteiger partial charge in [-0.3, -0.25) is 5.32 Å². The zero-order chi connectivity index (χ0) is 14.2. The zero-order valence-electron chi connectivity index (χ0n) is 11.6. The van der Waals surface area contributed by atoms with Gasteiger partial charge in [-0.25, -0.2) is 4.79 Å². The summed E-state index contributed by atoms with van der Waals surface area (Å²) in [7, 11) is 0. The van der Waals surface area contributed by atoms with E-state index in [4.69, 9.17) is 4.52 Å². The molecular formula is C15H19N3O2. The van der Waals surface area contributed by atoms with Gasteiger partial charge in [0.15, 0.2) is 11.6 Å². The van der Waals surface area contributed by atoms with Crippen molar-refractivity contribution in [3.05, 3.63) is 36.4 Å². The first kappa shape index (κ1) is 14.1. The van der Waals surface area contributed by atoms with Crippen LogP contribution in [0.25, 0.3) is 11.3 Å². The van der Waals surface area contributed by atoms with Crippen molar-refractivity contribution in [2.24, 2.45) is 0 Å². The smallest absolute Gasteiger partial charge is 0.320 e. The van der Waals surface area contributed by atoms with Crippen LogP contribution < -0.4 is 10.6 Å². The second-order valence-electron chi connectivity index (χ2n) is 4.53. The number of carbonyl (C=O) groups is 1. The summed E-state index contributed by atoms with van der Waals surface area (Å²) in [5, 5.41) is 9.27. The molecule has 1 aromatic carbocycles. The van der Waals surface area contributed by atoms with Crippen molar-refractivity contribution in [3.8, 4) is 11.3 Å². The maximum absolute atomic E-state index is 11.6. The molecule has 2 rings (SSSR count). The second kappa shape index (κ2) is 7.33. The summed E-state index contributed by atoms with van der Waals surface area (Å²) in [5.74, 6) is 1.05. The lowest BCUT2D eigenvalue weighted by Crippen LogP contribution is -2.29. The van der Waals surface area contributed by atoms with E-state index in [9.17, 15) is 4.79 Å². The van der Waals surface area contributed by atoms with Crippen LogP contribution >= 0.6 is 0 Å². The van der Waals surface area contributed by atoms with Gasteiger partial charge in [0.25, 0.3) is 0 Å². The van der Waals surface area contributed by atoms with E-state index in [1.165, 1.54) is 0 Å². The highest BCUT2D eigenvalue weighted by Gasteiger charge is 2.08. The number of nitrogens with zero attached hydrogens (tertiary/aromatic N) is 1. The molecule has 0 atom stereocenters. The van der Waals surface area contributed by atoms with Gasteiger partial charge in [-0.15, -0.1) is 0 Å². The molecule has 0 spiro atoms. The van der Waals surface area contributed by atoms with Gasteiger partial charge in [0.2, 0.25) is 0 Å². The maximum Gasteiger partial charge on any atom is 0.320 e. The number of aromatic nitrogens is 1. The minimum absolute atomic E-state index is 0.256. The lowest BCUT2D eigenvalue weighted by atomic mass is 10.2. The van der Waals surface area contributed by atoms with Gasteiger partial charge in [-0.2, -0.15) is 0 Å². The van der Waals surface area contributed by atoms with Gasteiger partial charge in [0.05, 0.1) is 0 Å². The molecule has 0 radical (unpaired) electrons. The Bertz CT molecular complexity index is 537. The van der Waals surface area contributed by atoms with Crippen molar-refractivity contribution in [2.75, 3.05) is 11.9 Å². The molecule has 0 aliphatic rings. The van der Waals surface area contributed by atoms with Crippen LogP contribution in [0.15, 0.2) is 40.9 Å². The quantitative estimate of drug-likeness (QED) is 0.789. The summed E-state index contributed by atoms with van der Waals surface area (Å²) in [5.41, 5.74) is 0.927. The maximum atomic E-state index is 11.6. The Labute approximate surface area is 118 Å². The third kappa shape index (κ3) is 4.12. The lowest BCUT2D eigenvalue weighted by Gasteiger charge is -2.03. The van der Waals surface area contributed by atoms with Crippen LogP contribution in [0.1, 0.15) is 26.2 Å². The molecule has 0 bridgehead atoms. The van der Waals surface area contributed by atoms with Gasteiger partial charge in [-0.1, -0.05) is 55.3 Å². The Balaban J connectivity index is 1.85. The number of hydrogen-bond donors (Lipinski definition) is 2. The average Bonchev–Trinajstić information content (AvgIpc) is 2.93. The van der Waals surface area contributed by atoms with E-state index >= 15 is 0 Å².